The zero-order chi connectivity index (χ0) is 30.2. The summed E-state index contributed by atoms with van der Waals surface area (Å²) in [4.78, 5) is 21.8. The standard InChI is InChI=1S/C14H12O.C7H7Br.C7H6O.4C2H6.Mg.H2O.2H/c15-14(13-9-5-2-6-10-13)11-12-7-3-1-4-8-12;2*8-6-7-4-2-1-3-5-7;4*1-2;;;;/h1-10H,11H2;1-5H,6H2;1-6H;4*1-2H3;;1H2;;/q;;;;;;;+2;;2*-1. The van der Waals surface area contributed by atoms with E-state index in [-0.39, 0.29) is 37.2 Å². The smallest absolute Gasteiger partial charge is 1.00 e. The van der Waals surface area contributed by atoms with Crippen LogP contribution in [-0.4, -0.2) is 40.6 Å². The summed E-state index contributed by atoms with van der Waals surface area (Å²) < 4.78 is 0. The second kappa shape index (κ2) is 39.6. The Bertz CT molecular complexity index is 1030. The zero-order valence-electron chi connectivity index (χ0n) is 28.4. The molecule has 0 unspecified atom stereocenters. The molecule has 0 atom stereocenters. The van der Waals surface area contributed by atoms with E-state index >= 15 is 0 Å². The van der Waals surface area contributed by atoms with Gasteiger partial charge in [-0.3, -0.25) is 9.59 Å². The summed E-state index contributed by atoms with van der Waals surface area (Å²) in [6, 6.07) is 38.6. The molecule has 0 bridgehead atoms. The Hall–Kier alpha value is -2.57. The number of carbonyl (C=O) groups is 2. The van der Waals surface area contributed by atoms with E-state index in [4.69, 9.17) is 0 Å². The van der Waals surface area contributed by atoms with Crippen molar-refractivity contribution in [3.05, 3.63) is 144 Å². The fourth-order valence-electron chi connectivity index (χ4n) is 2.61. The molecule has 0 saturated carbocycles. The largest absolute Gasteiger partial charge is 2.00 e. The Balaban J connectivity index is -0.0000000811. The summed E-state index contributed by atoms with van der Waals surface area (Å²) in [6.07, 6.45) is 1.31. The molecule has 0 saturated heterocycles. The van der Waals surface area contributed by atoms with Crippen LogP contribution >= 0.6 is 15.9 Å². The average molecular weight is 638 g/mol. The summed E-state index contributed by atoms with van der Waals surface area (Å²) in [5.41, 5.74) is 3.90. The predicted octanol–water partition coefficient (Wildman–Crippen LogP) is 10.3. The SMILES string of the molecule is BrCc1ccccc1.CC.CC.CC.CC.O.O=C(Cc1ccccc1)c1ccccc1.O=Cc1ccccc1.[H-].[H-].[Mg+2]. The second-order valence-electron chi connectivity index (χ2n) is 6.60. The topological polar surface area (TPSA) is 65.6 Å². The molecular weight excluding hydrogens is 585 g/mol. The number of carbonyl (C=O) groups excluding carboxylic acids is 2. The molecule has 0 aromatic heterocycles. The van der Waals surface area contributed by atoms with E-state index < -0.39 is 0 Å². The molecule has 0 fully saturated rings. The van der Waals surface area contributed by atoms with Crippen LogP contribution in [0.2, 0.25) is 0 Å². The van der Waals surface area contributed by atoms with Crippen LogP contribution in [0.5, 0.6) is 0 Å². The normalized spacial score (nSPS) is 7.63. The van der Waals surface area contributed by atoms with E-state index in [1.54, 1.807) is 12.1 Å². The van der Waals surface area contributed by atoms with Crippen molar-refractivity contribution in [2.24, 2.45) is 0 Å². The first kappa shape index (κ1) is 48.2. The quantitative estimate of drug-likeness (QED) is 0.0946. The van der Waals surface area contributed by atoms with Crippen molar-refractivity contribution < 1.29 is 17.9 Å². The first-order valence-corrected chi connectivity index (χ1v) is 15.1. The van der Waals surface area contributed by atoms with Crippen LogP contribution in [0.4, 0.5) is 0 Å². The molecule has 0 amide bonds. The Morgan fingerprint density at radius 1 is 0.585 bits per heavy atom. The number of ketones is 1. The molecule has 4 aromatic carbocycles. The van der Waals surface area contributed by atoms with Crippen molar-refractivity contribution in [1.82, 2.24) is 0 Å². The van der Waals surface area contributed by atoms with Crippen LogP contribution in [0, 0.1) is 0 Å². The number of rotatable bonds is 5. The van der Waals surface area contributed by atoms with Gasteiger partial charge in [-0.2, -0.15) is 0 Å². The van der Waals surface area contributed by atoms with Crippen LogP contribution in [0.15, 0.2) is 121 Å². The molecule has 41 heavy (non-hydrogen) atoms. The van der Waals surface area contributed by atoms with Gasteiger partial charge in [0.15, 0.2) is 5.78 Å². The van der Waals surface area contributed by atoms with Crippen molar-refractivity contribution in [2.75, 3.05) is 0 Å². The Morgan fingerprint density at radius 3 is 1.20 bits per heavy atom. The molecule has 0 spiro atoms. The molecule has 2 N–H and O–H groups in total. The van der Waals surface area contributed by atoms with E-state index in [0.717, 1.165) is 28.3 Å². The van der Waals surface area contributed by atoms with Crippen molar-refractivity contribution in [2.45, 2.75) is 67.1 Å². The third-order valence-corrected chi connectivity index (χ3v) is 4.88. The maximum Gasteiger partial charge on any atom is 2.00 e. The van der Waals surface area contributed by atoms with Gasteiger partial charge in [0, 0.05) is 22.9 Å². The van der Waals surface area contributed by atoms with Gasteiger partial charge in [-0.25, -0.2) is 0 Å². The number of hydrogen-bond acceptors (Lipinski definition) is 2. The molecule has 0 aliphatic rings. The van der Waals surface area contributed by atoms with Crippen molar-refractivity contribution in [3.63, 3.8) is 0 Å². The number of alkyl halides is 1. The molecule has 4 aromatic rings. The molecule has 4 rings (SSSR count). The molecule has 0 aliphatic heterocycles. The van der Waals surface area contributed by atoms with Gasteiger partial charge in [-0.1, -0.05) is 193 Å². The molecule has 0 heterocycles. The van der Waals surface area contributed by atoms with E-state index in [2.05, 4.69) is 28.1 Å². The third-order valence-electron chi connectivity index (χ3n) is 4.24. The molecule has 0 radical (unpaired) electrons. The van der Waals surface area contributed by atoms with Gasteiger partial charge >= 0.3 is 23.1 Å². The number of aldehydes is 1. The Labute approximate surface area is 278 Å². The summed E-state index contributed by atoms with van der Waals surface area (Å²) in [5, 5.41) is 0.952. The molecule has 0 aliphatic carbocycles. The molecule has 224 valence electrons. The van der Waals surface area contributed by atoms with Crippen LogP contribution < -0.4 is 0 Å². The molecular formula is C36H53BrMgO3. The van der Waals surface area contributed by atoms with Crippen molar-refractivity contribution in [3.8, 4) is 0 Å². The first-order chi connectivity index (χ1) is 19.2. The van der Waals surface area contributed by atoms with Crippen molar-refractivity contribution in [1.29, 1.82) is 0 Å². The number of halogens is 1. The maximum atomic E-state index is 11.8. The monoisotopic (exact) mass is 636 g/mol. The summed E-state index contributed by atoms with van der Waals surface area (Å²) in [6.45, 7) is 16.0. The van der Waals surface area contributed by atoms with Crippen LogP contribution in [0.1, 0.15) is 90.1 Å². The number of Topliss-reactive ketones (excluding diaryl/α,β-unsaturated/α-hetero) is 1. The number of hydrogen-bond donors (Lipinski definition) is 0. The summed E-state index contributed by atoms with van der Waals surface area (Å²) in [7, 11) is 0. The van der Waals surface area contributed by atoms with Gasteiger partial charge in [0.2, 0.25) is 0 Å². The fraction of sp³-hybridized carbons (Fsp3) is 0.278. The van der Waals surface area contributed by atoms with Crippen LogP contribution in [-0.2, 0) is 11.8 Å². The predicted molar refractivity (Wildman–Crippen MR) is 189 cm³/mol. The maximum absolute atomic E-state index is 11.8. The molecule has 3 nitrogen and oxygen atoms in total. The van der Waals surface area contributed by atoms with Crippen LogP contribution in [0.25, 0.3) is 0 Å². The first-order valence-electron chi connectivity index (χ1n) is 13.9. The van der Waals surface area contributed by atoms with E-state index in [9.17, 15) is 9.59 Å². The van der Waals surface area contributed by atoms with E-state index in [0.29, 0.717) is 6.42 Å². The van der Waals surface area contributed by atoms with E-state index in [1.807, 2.05) is 152 Å². The number of benzene rings is 4. The minimum Gasteiger partial charge on any atom is -1.00 e. The van der Waals surface area contributed by atoms with Gasteiger partial charge in [0.05, 0.1) is 0 Å². The minimum atomic E-state index is 0. The second-order valence-corrected chi connectivity index (χ2v) is 7.16. The fourth-order valence-corrected chi connectivity index (χ4v) is 2.98. The van der Waals surface area contributed by atoms with E-state index in [1.165, 1.54) is 5.56 Å². The summed E-state index contributed by atoms with van der Waals surface area (Å²) >= 11 is 3.36. The third kappa shape index (κ3) is 27.4. The average Bonchev–Trinajstić information content (AvgIpc) is 3.07. The van der Waals surface area contributed by atoms with Gasteiger partial charge in [-0.15, -0.1) is 0 Å². The van der Waals surface area contributed by atoms with Gasteiger partial charge < -0.3 is 8.33 Å². The Kier molecular flexibility index (Phi) is 46.5. The zero-order valence-corrected chi connectivity index (χ0v) is 29.4. The van der Waals surface area contributed by atoms with Gasteiger partial charge in [0.1, 0.15) is 6.29 Å². The van der Waals surface area contributed by atoms with Crippen LogP contribution in [0.3, 0.4) is 0 Å². The Morgan fingerprint density at radius 2 is 0.902 bits per heavy atom. The van der Waals surface area contributed by atoms with Crippen molar-refractivity contribution >= 4 is 51.1 Å². The molecule has 5 heteroatoms. The minimum absolute atomic E-state index is 0. The van der Waals surface area contributed by atoms with Gasteiger partial charge in [0.25, 0.3) is 0 Å². The van der Waals surface area contributed by atoms with Gasteiger partial charge in [-0.05, 0) is 11.1 Å². The summed E-state index contributed by atoms with van der Waals surface area (Å²) in [5.74, 6) is 0.168.